The van der Waals surface area contributed by atoms with Crippen molar-refractivity contribution in [2.45, 2.75) is 0 Å². The minimum atomic E-state index is -0.455. The van der Waals surface area contributed by atoms with Crippen LogP contribution in [-0.2, 0) is 0 Å². The molecule has 0 aliphatic carbocycles. The van der Waals surface area contributed by atoms with Gasteiger partial charge in [0.1, 0.15) is 0 Å². The number of benzene rings is 1. The van der Waals surface area contributed by atoms with E-state index in [1.807, 2.05) is 0 Å². The van der Waals surface area contributed by atoms with E-state index in [4.69, 9.17) is 5.84 Å². The Morgan fingerprint density at radius 2 is 2.00 bits per heavy atom. The molecule has 2 N–H and O–H groups in total. The normalized spacial score (nSPS) is 10.3. The highest BCUT2D eigenvalue weighted by atomic mass is 16.6. The van der Waals surface area contributed by atoms with Crippen molar-refractivity contribution in [2.24, 2.45) is 10.9 Å². The van der Waals surface area contributed by atoms with Crippen LogP contribution in [0.5, 0.6) is 0 Å². The Labute approximate surface area is 68.7 Å². The topological polar surface area (TPSA) is 81.5 Å². The minimum Gasteiger partial charge on any atom is -0.323 e. The molecule has 0 unspecified atom stereocenters. The molecule has 0 aliphatic rings. The van der Waals surface area contributed by atoms with Crippen molar-refractivity contribution in [3.05, 3.63) is 39.9 Å². The molecule has 0 fully saturated rings. The van der Waals surface area contributed by atoms with Crippen molar-refractivity contribution in [2.75, 3.05) is 0 Å². The maximum Gasteiger partial charge on any atom is 0.269 e. The van der Waals surface area contributed by atoms with Gasteiger partial charge in [-0.1, -0.05) is 0 Å². The third-order valence-electron chi connectivity index (χ3n) is 1.33. The van der Waals surface area contributed by atoms with Gasteiger partial charge >= 0.3 is 0 Å². The molecule has 0 aromatic heterocycles. The molecule has 62 valence electrons. The number of hydrogen-bond donors (Lipinski definition) is 1. The molecule has 5 nitrogen and oxygen atoms in total. The highest BCUT2D eigenvalue weighted by molar-refractivity contribution is 5.79. The Hall–Kier alpha value is -1.91. The fraction of sp³-hybridized carbons (Fsp3) is 0. The molecule has 0 saturated carbocycles. The number of non-ortho nitro benzene ring substituents is 1. The second-order valence-electron chi connectivity index (χ2n) is 2.13. The SMILES string of the molecule is NN=Cc1ccc([N+](=O)[O-])cc1. The van der Waals surface area contributed by atoms with Gasteiger partial charge in [-0.2, -0.15) is 5.10 Å². The van der Waals surface area contributed by atoms with E-state index in [2.05, 4.69) is 5.10 Å². The number of nitrogens with two attached hydrogens (primary N) is 1. The third kappa shape index (κ3) is 1.79. The van der Waals surface area contributed by atoms with Gasteiger partial charge in [-0.3, -0.25) is 10.1 Å². The van der Waals surface area contributed by atoms with Gasteiger partial charge in [0.05, 0.1) is 11.1 Å². The first-order valence-corrected chi connectivity index (χ1v) is 3.22. The van der Waals surface area contributed by atoms with Crippen LogP contribution in [0.2, 0.25) is 0 Å². The van der Waals surface area contributed by atoms with Crippen LogP contribution >= 0.6 is 0 Å². The zero-order valence-electron chi connectivity index (χ0n) is 6.18. The number of nitro groups is 1. The molecule has 5 heteroatoms. The van der Waals surface area contributed by atoms with Gasteiger partial charge in [0.15, 0.2) is 0 Å². The van der Waals surface area contributed by atoms with Gasteiger partial charge < -0.3 is 5.84 Å². The Kier molecular flexibility index (Phi) is 2.37. The van der Waals surface area contributed by atoms with Gasteiger partial charge in [0.2, 0.25) is 0 Å². The van der Waals surface area contributed by atoms with E-state index in [0.717, 1.165) is 5.56 Å². The Morgan fingerprint density at radius 3 is 2.42 bits per heavy atom. The fourth-order valence-electron chi connectivity index (χ4n) is 0.768. The van der Waals surface area contributed by atoms with Crippen molar-refractivity contribution in [3.8, 4) is 0 Å². The van der Waals surface area contributed by atoms with E-state index >= 15 is 0 Å². The van der Waals surface area contributed by atoms with E-state index in [1.54, 1.807) is 12.1 Å². The van der Waals surface area contributed by atoms with Crippen molar-refractivity contribution >= 4 is 11.9 Å². The first kappa shape index (κ1) is 8.19. The van der Waals surface area contributed by atoms with Crippen LogP contribution in [0, 0.1) is 10.1 Å². The molecule has 1 rings (SSSR count). The van der Waals surface area contributed by atoms with Crippen LogP contribution in [0.3, 0.4) is 0 Å². The molecule has 0 radical (unpaired) electrons. The van der Waals surface area contributed by atoms with Crippen molar-refractivity contribution in [3.63, 3.8) is 0 Å². The third-order valence-corrected chi connectivity index (χ3v) is 1.33. The summed E-state index contributed by atoms with van der Waals surface area (Å²) in [5, 5.41) is 13.5. The Balaban J connectivity index is 2.93. The van der Waals surface area contributed by atoms with Crippen LogP contribution < -0.4 is 5.84 Å². The van der Waals surface area contributed by atoms with Gasteiger partial charge in [-0.15, -0.1) is 0 Å². The summed E-state index contributed by atoms with van der Waals surface area (Å²) in [5.74, 6) is 4.89. The number of nitrogens with zero attached hydrogens (tertiary/aromatic N) is 2. The van der Waals surface area contributed by atoms with Gasteiger partial charge in [-0.25, -0.2) is 0 Å². The van der Waals surface area contributed by atoms with E-state index in [1.165, 1.54) is 18.3 Å². The molecule has 0 amide bonds. The number of rotatable bonds is 2. The van der Waals surface area contributed by atoms with Gasteiger partial charge in [-0.05, 0) is 17.7 Å². The summed E-state index contributed by atoms with van der Waals surface area (Å²) in [5.41, 5.74) is 0.798. The Morgan fingerprint density at radius 1 is 1.42 bits per heavy atom. The van der Waals surface area contributed by atoms with E-state index in [0.29, 0.717) is 0 Å². The molecule has 0 saturated heterocycles. The number of hydrogen-bond acceptors (Lipinski definition) is 4. The average Bonchev–Trinajstić information content (AvgIpc) is 2.06. The minimum absolute atomic E-state index is 0.0594. The molecular formula is C7H7N3O2. The summed E-state index contributed by atoms with van der Waals surface area (Å²) < 4.78 is 0. The second kappa shape index (κ2) is 3.47. The van der Waals surface area contributed by atoms with Crippen LogP contribution in [0.4, 0.5) is 5.69 Å². The lowest BCUT2D eigenvalue weighted by atomic mass is 10.2. The lowest BCUT2D eigenvalue weighted by Crippen LogP contribution is -1.89. The highest BCUT2D eigenvalue weighted by Crippen LogP contribution is 2.10. The van der Waals surface area contributed by atoms with Gasteiger partial charge in [0, 0.05) is 12.1 Å². The van der Waals surface area contributed by atoms with E-state index in [-0.39, 0.29) is 5.69 Å². The lowest BCUT2D eigenvalue weighted by Gasteiger charge is -1.91. The van der Waals surface area contributed by atoms with Crippen molar-refractivity contribution < 1.29 is 4.92 Å². The van der Waals surface area contributed by atoms with Crippen LogP contribution in [0.1, 0.15) is 5.56 Å². The molecule has 0 aliphatic heterocycles. The van der Waals surface area contributed by atoms with Crippen molar-refractivity contribution in [1.82, 2.24) is 0 Å². The smallest absolute Gasteiger partial charge is 0.269 e. The summed E-state index contributed by atoms with van der Waals surface area (Å²) in [6.45, 7) is 0. The molecule has 12 heavy (non-hydrogen) atoms. The molecule has 0 spiro atoms. The zero-order chi connectivity index (χ0) is 8.97. The largest absolute Gasteiger partial charge is 0.323 e. The monoisotopic (exact) mass is 165 g/mol. The summed E-state index contributed by atoms with van der Waals surface area (Å²) in [6, 6.07) is 5.96. The lowest BCUT2D eigenvalue weighted by molar-refractivity contribution is -0.384. The molecule has 0 atom stereocenters. The van der Waals surface area contributed by atoms with E-state index in [9.17, 15) is 10.1 Å². The summed E-state index contributed by atoms with van der Waals surface area (Å²) in [4.78, 5) is 9.76. The first-order chi connectivity index (χ1) is 5.74. The van der Waals surface area contributed by atoms with Gasteiger partial charge in [0.25, 0.3) is 5.69 Å². The molecule has 0 heterocycles. The number of hydrazone groups is 1. The molecule has 1 aromatic rings. The van der Waals surface area contributed by atoms with E-state index < -0.39 is 4.92 Å². The summed E-state index contributed by atoms with van der Waals surface area (Å²) in [7, 11) is 0. The zero-order valence-corrected chi connectivity index (χ0v) is 6.18. The second-order valence-corrected chi connectivity index (χ2v) is 2.13. The fourth-order valence-corrected chi connectivity index (χ4v) is 0.768. The maximum absolute atomic E-state index is 10.2. The quantitative estimate of drug-likeness (QED) is 0.305. The molecule has 0 bridgehead atoms. The molecular weight excluding hydrogens is 158 g/mol. The van der Waals surface area contributed by atoms with Crippen LogP contribution in [-0.4, -0.2) is 11.1 Å². The van der Waals surface area contributed by atoms with Crippen LogP contribution in [0.25, 0.3) is 0 Å². The molecule has 1 aromatic carbocycles. The first-order valence-electron chi connectivity index (χ1n) is 3.22. The summed E-state index contributed by atoms with van der Waals surface area (Å²) in [6.07, 6.45) is 1.42. The maximum atomic E-state index is 10.2. The summed E-state index contributed by atoms with van der Waals surface area (Å²) >= 11 is 0. The standard InChI is InChI=1S/C7H7N3O2/c8-9-5-6-1-3-7(4-2-6)10(11)12/h1-5H,8H2. The number of nitro benzene ring substituents is 1. The average molecular weight is 165 g/mol. The predicted octanol–water partition coefficient (Wildman–Crippen LogP) is 0.887. The van der Waals surface area contributed by atoms with Crippen LogP contribution in [0.15, 0.2) is 29.4 Å². The predicted molar refractivity (Wildman–Crippen MR) is 44.9 cm³/mol. The van der Waals surface area contributed by atoms with Crippen molar-refractivity contribution in [1.29, 1.82) is 0 Å². The highest BCUT2D eigenvalue weighted by Gasteiger charge is 2.01. The Bertz CT molecular complexity index is 305.